The summed E-state index contributed by atoms with van der Waals surface area (Å²) < 4.78 is 158. The number of primary amides is 1. The first-order valence-electron chi connectivity index (χ1n) is 12.7. The van der Waals surface area contributed by atoms with E-state index in [9.17, 15) is 52.7 Å². The molecule has 3 aromatic carbocycles. The zero-order chi connectivity index (χ0) is 32.7. The number of hydrogen-bond donors (Lipinski definition) is 1. The number of nitrogens with two attached hydrogens (primary N) is 1. The van der Waals surface area contributed by atoms with E-state index in [0.717, 1.165) is 42.5 Å². The van der Waals surface area contributed by atoms with Crippen LogP contribution in [0.3, 0.4) is 0 Å². The predicted octanol–water partition coefficient (Wildman–Crippen LogP) is 5.50. The average molecular weight is 655 g/mol. The molecule has 0 aromatic heterocycles. The quantitative estimate of drug-likeness (QED) is 0.243. The largest absolute Gasteiger partial charge is 0.430 e. The minimum Gasteiger partial charge on any atom is -0.369 e. The Morgan fingerprint density at radius 3 is 1.91 bits per heavy atom. The summed E-state index contributed by atoms with van der Waals surface area (Å²) in [6, 6.07) is 7.95. The highest BCUT2D eigenvalue weighted by Crippen LogP contribution is 2.54. The molecule has 0 saturated carbocycles. The number of carbonyl (C=O) groups is 1. The number of ether oxygens (including phenoxy) is 1. The molecular formula is C28H23F9N2O4S. The SMILES string of the molecule is NC(=O)CN1CCC(c2ccc(C(OCc3c(F)cccc3F)(C(F)(F)F)C(F)(F)F)cc2)(S(=O)(=O)c2ccc(F)cc2)C1. The lowest BCUT2D eigenvalue weighted by Crippen LogP contribution is -2.56. The molecule has 16 heteroatoms. The summed E-state index contributed by atoms with van der Waals surface area (Å²) in [7, 11) is -4.52. The minimum absolute atomic E-state index is 0.0442. The van der Waals surface area contributed by atoms with Gasteiger partial charge in [0.1, 0.15) is 22.2 Å². The molecule has 1 amide bonds. The first-order chi connectivity index (χ1) is 20.4. The molecule has 238 valence electrons. The lowest BCUT2D eigenvalue weighted by atomic mass is 9.88. The average Bonchev–Trinajstić information content (AvgIpc) is 3.34. The molecule has 2 N–H and O–H groups in total. The second-order valence-corrected chi connectivity index (χ2v) is 12.4. The number of carbonyl (C=O) groups excluding carboxylic acids is 1. The van der Waals surface area contributed by atoms with Gasteiger partial charge in [0.05, 0.1) is 18.0 Å². The molecule has 3 aromatic rings. The molecule has 1 aliphatic heterocycles. The highest BCUT2D eigenvalue weighted by Gasteiger charge is 2.73. The van der Waals surface area contributed by atoms with Crippen LogP contribution in [-0.4, -0.2) is 51.2 Å². The number of rotatable bonds is 9. The van der Waals surface area contributed by atoms with Crippen LogP contribution >= 0.6 is 0 Å². The Morgan fingerprint density at radius 2 is 1.41 bits per heavy atom. The van der Waals surface area contributed by atoms with E-state index < -0.39 is 86.7 Å². The van der Waals surface area contributed by atoms with Crippen molar-refractivity contribution in [1.82, 2.24) is 4.90 Å². The number of alkyl halides is 6. The van der Waals surface area contributed by atoms with Gasteiger partial charge >= 0.3 is 12.4 Å². The normalized spacial score (nSPS) is 18.5. The first kappa shape index (κ1) is 33.3. The van der Waals surface area contributed by atoms with Crippen molar-refractivity contribution in [3.05, 3.63) is 101 Å². The van der Waals surface area contributed by atoms with Gasteiger partial charge in [-0.15, -0.1) is 0 Å². The predicted molar refractivity (Wildman–Crippen MR) is 137 cm³/mol. The van der Waals surface area contributed by atoms with E-state index >= 15 is 0 Å². The van der Waals surface area contributed by atoms with E-state index in [1.165, 1.54) is 4.90 Å². The Labute approximate surface area is 245 Å². The van der Waals surface area contributed by atoms with Gasteiger partial charge in [0.25, 0.3) is 5.60 Å². The van der Waals surface area contributed by atoms with Crippen molar-refractivity contribution < 1.29 is 57.5 Å². The second kappa shape index (κ2) is 11.7. The molecule has 44 heavy (non-hydrogen) atoms. The van der Waals surface area contributed by atoms with E-state index in [4.69, 9.17) is 5.73 Å². The van der Waals surface area contributed by atoms with Gasteiger partial charge in [-0.05, 0) is 48.4 Å². The van der Waals surface area contributed by atoms with Crippen LogP contribution in [0, 0.1) is 17.5 Å². The minimum atomic E-state index is -6.21. The summed E-state index contributed by atoms with van der Waals surface area (Å²) in [6.07, 6.45) is -12.7. The molecular weight excluding hydrogens is 631 g/mol. The highest BCUT2D eigenvalue weighted by molar-refractivity contribution is 7.92. The monoisotopic (exact) mass is 654 g/mol. The van der Waals surface area contributed by atoms with Gasteiger partial charge < -0.3 is 10.5 Å². The Balaban J connectivity index is 1.85. The number of benzene rings is 3. The third-order valence-electron chi connectivity index (χ3n) is 7.44. The summed E-state index contributed by atoms with van der Waals surface area (Å²) in [6.45, 7) is -2.63. The molecule has 1 aliphatic rings. The van der Waals surface area contributed by atoms with Crippen molar-refractivity contribution in [2.45, 2.75) is 40.6 Å². The highest BCUT2D eigenvalue weighted by atomic mass is 32.2. The standard InChI is InChI=1S/C28H23F9N2O4S/c29-19-8-10-20(11-9-19)44(41,42)25(12-13-39(16-25)14-24(38)40)17-4-6-18(7-5-17)26(27(32,33)34,28(35,36)37)43-15-21-22(30)2-1-3-23(21)31/h1-11H,12-16H2,(H2,38,40). The summed E-state index contributed by atoms with van der Waals surface area (Å²) in [4.78, 5) is 12.5. The van der Waals surface area contributed by atoms with E-state index in [1.807, 2.05) is 0 Å². The van der Waals surface area contributed by atoms with Crippen LogP contribution in [0.15, 0.2) is 71.6 Å². The maximum Gasteiger partial charge on any atom is 0.430 e. The zero-order valence-electron chi connectivity index (χ0n) is 22.4. The van der Waals surface area contributed by atoms with Crippen LogP contribution in [0.1, 0.15) is 23.1 Å². The summed E-state index contributed by atoms with van der Waals surface area (Å²) in [5, 5.41) is 0. The number of likely N-dealkylation sites (tertiary alicyclic amines) is 1. The Kier molecular flexibility index (Phi) is 8.85. The molecule has 1 atom stereocenters. The van der Waals surface area contributed by atoms with Crippen molar-refractivity contribution in [3.8, 4) is 0 Å². The van der Waals surface area contributed by atoms with Gasteiger partial charge in [0.2, 0.25) is 5.91 Å². The smallest absolute Gasteiger partial charge is 0.369 e. The fourth-order valence-electron chi connectivity index (χ4n) is 5.26. The van der Waals surface area contributed by atoms with Crippen molar-refractivity contribution >= 4 is 15.7 Å². The van der Waals surface area contributed by atoms with Gasteiger partial charge in [0.15, 0.2) is 9.84 Å². The van der Waals surface area contributed by atoms with Crippen LogP contribution in [0.2, 0.25) is 0 Å². The van der Waals surface area contributed by atoms with E-state index in [-0.39, 0.29) is 23.4 Å². The number of hydrogen-bond acceptors (Lipinski definition) is 5. The zero-order valence-corrected chi connectivity index (χ0v) is 23.2. The van der Waals surface area contributed by atoms with Crippen LogP contribution in [-0.2, 0) is 36.3 Å². The number of sulfone groups is 1. The summed E-state index contributed by atoms with van der Waals surface area (Å²) in [5.74, 6) is -4.46. The fraction of sp³-hybridized carbons (Fsp3) is 0.321. The van der Waals surface area contributed by atoms with Crippen molar-refractivity contribution in [1.29, 1.82) is 0 Å². The summed E-state index contributed by atoms with van der Waals surface area (Å²) in [5.41, 5.74) is -2.81. The topological polar surface area (TPSA) is 89.7 Å². The van der Waals surface area contributed by atoms with E-state index in [2.05, 4.69) is 4.74 Å². The molecule has 1 heterocycles. The van der Waals surface area contributed by atoms with Crippen LogP contribution < -0.4 is 5.73 Å². The van der Waals surface area contributed by atoms with Gasteiger partial charge in [-0.1, -0.05) is 30.3 Å². The lowest BCUT2D eigenvalue weighted by Gasteiger charge is -2.38. The molecule has 0 spiro atoms. The molecule has 6 nitrogen and oxygen atoms in total. The van der Waals surface area contributed by atoms with Gasteiger partial charge in [-0.2, -0.15) is 26.3 Å². The molecule has 0 bridgehead atoms. The van der Waals surface area contributed by atoms with Gasteiger partial charge in [-0.3, -0.25) is 9.69 Å². The molecule has 1 saturated heterocycles. The van der Waals surface area contributed by atoms with Crippen molar-refractivity contribution in [2.75, 3.05) is 19.6 Å². The maximum atomic E-state index is 14.3. The lowest BCUT2D eigenvalue weighted by molar-refractivity contribution is -0.392. The molecule has 0 radical (unpaired) electrons. The molecule has 1 fully saturated rings. The maximum absolute atomic E-state index is 14.3. The Hall–Kier alpha value is -3.63. The van der Waals surface area contributed by atoms with Crippen molar-refractivity contribution in [2.24, 2.45) is 5.73 Å². The fourth-order valence-corrected chi connectivity index (χ4v) is 7.36. The Morgan fingerprint density at radius 1 is 0.864 bits per heavy atom. The number of nitrogens with zero attached hydrogens (tertiary/aromatic N) is 1. The third kappa shape index (κ3) is 5.77. The Bertz CT molecular complexity index is 1590. The van der Waals surface area contributed by atoms with Crippen molar-refractivity contribution in [3.63, 3.8) is 0 Å². The first-order valence-corrected chi connectivity index (χ1v) is 14.2. The number of halogens is 9. The second-order valence-electron chi connectivity index (χ2n) is 10.1. The number of amides is 1. The molecule has 0 aliphatic carbocycles. The van der Waals surface area contributed by atoms with E-state index in [1.54, 1.807) is 0 Å². The van der Waals surface area contributed by atoms with Crippen LogP contribution in [0.5, 0.6) is 0 Å². The molecule has 1 unspecified atom stereocenters. The van der Waals surface area contributed by atoms with Gasteiger partial charge in [0, 0.05) is 24.2 Å². The van der Waals surface area contributed by atoms with E-state index in [0.29, 0.717) is 24.3 Å². The summed E-state index contributed by atoms with van der Waals surface area (Å²) >= 11 is 0. The molecule has 4 rings (SSSR count). The van der Waals surface area contributed by atoms with Crippen LogP contribution in [0.25, 0.3) is 0 Å². The third-order valence-corrected chi connectivity index (χ3v) is 9.93. The van der Waals surface area contributed by atoms with Gasteiger partial charge in [-0.25, -0.2) is 21.6 Å². The van der Waals surface area contributed by atoms with Crippen LogP contribution in [0.4, 0.5) is 39.5 Å².